The van der Waals surface area contributed by atoms with Gasteiger partial charge in [0.25, 0.3) is 0 Å². The fourth-order valence-corrected chi connectivity index (χ4v) is 4.87. The van der Waals surface area contributed by atoms with Gasteiger partial charge in [-0.15, -0.1) is 0 Å². The first-order valence-electron chi connectivity index (χ1n) is 12.3. The number of piperidine rings is 1. The molecule has 2 aromatic carbocycles. The van der Waals surface area contributed by atoms with Crippen molar-refractivity contribution < 1.29 is 23.4 Å². The second-order valence-corrected chi connectivity index (χ2v) is 9.02. The molecule has 4 atom stereocenters. The van der Waals surface area contributed by atoms with E-state index >= 15 is 0 Å². The Morgan fingerprint density at radius 2 is 1.71 bits per heavy atom. The lowest BCUT2D eigenvalue weighted by Crippen LogP contribution is -2.33. The molecule has 2 aromatic rings. The molecular weight excluding hydrogens is 435 g/mol. The van der Waals surface area contributed by atoms with Gasteiger partial charge in [0.15, 0.2) is 6.10 Å². The van der Waals surface area contributed by atoms with Crippen molar-refractivity contribution in [2.45, 2.75) is 39.0 Å². The number of hydrogen-bond donors (Lipinski definition) is 1. The van der Waals surface area contributed by atoms with Crippen molar-refractivity contribution in [2.75, 3.05) is 39.5 Å². The molecule has 0 radical (unpaired) electrons. The van der Waals surface area contributed by atoms with Gasteiger partial charge >= 0.3 is 5.97 Å². The lowest BCUT2D eigenvalue weighted by Gasteiger charge is -2.20. The number of carbonyl (C=O) groups is 1. The maximum atomic E-state index is 13.1. The predicted molar refractivity (Wildman–Crippen MR) is 128 cm³/mol. The first-order chi connectivity index (χ1) is 16.6. The number of halogens is 1. The number of benzene rings is 2. The van der Waals surface area contributed by atoms with E-state index in [0.29, 0.717) is 44.1 Å². The second kappa shape index (κ2) is 11.8. The van der Waals surface area contributed by atoms with E-state index in [0.717, 1.165) is 37.5 Å². The molecule has 0 amide bonds. The molecule has 4 rings (SSSR count). The summed E-state index contributed by atoms with van der Waals surface area (Å²) in [5.74, 6) is 1.73. The van der Waals surface area contributed by atoms with Crippen LogP contribution in [-0.4, -0.2) is 62.5 Å². The van der Waals surface area contributed by atoms with E-state index in [4.69, 9.17) is 14.2 Å². The number of hydrogen-bond acceptors (Lipinski definition) is 6. The third kappa shape index (κ3) is 6.56. The van der Waals surface area contributed by atoms with E-state index < -0.39 is 6.10 Å². The molecule has 2 fully saturated rings. The van der Waals surface area contributed by atoms with E-state index in [-0.39, 0.29) is 11.8 Å². The minimum atomic E-state index is -0.578. The molecule has 2 aliphatic rings. The van der Waals surface area contributed by atoms with Gasteiger partial charge in [-0.2, -0.15) is 0 Å². The van der Waals surface area contributed by atoms with Crippen molar-refractivity contribution in [3.8, 4) is 5.75 Å². The van der Waals surface area contributed by atoms with Crippen LogP contribution < -0.4 is 10.1 Å². The highest BCUT2D eigenvalue weighted by atomic mass is 19.1. The average Bonchev–Trinajstić information content (AvgIpc) is 3.28. The minimum Gasteiger partial charge on any atom is -0.492 e. The topological polar surface area (TPSA) is 60.0 Å². The van der Waals surface area contributed by atoms with Crippen molar-refractivity contribution in [3.63, 3.8) is 0 Å². The van der Waals surface area contributed by atoms with Crippen molar-refractivity contribution in [3.05, 3.63) is 65.5 Å². The Morgan fingerprint density at radius 1 is 1.03 bits per heavy atom. The number of nitrogens with zero attached hydrogens (tertiary/aromatic N) is 1. The summed E-state index contributed by atoms with van der Waals surface area (Å²) in [5.41, 5.74) is 2.17. The molecule has 2 unspecified atom stereocenters. The number of fused-ring (bicyclic) bond motifs is 1. The van der Waals surface area contributed by atoms with Crippen LogP contribution in [0.3, 0.4) is 0 Å². The third-order valence-corrected chi connectivity index (χ3v) is 6.60. The Morgan fingerprint density at radius 3 is 2.35 bits per heavy atom. The molecular formula is C27H35FN2O4. The minimum absolute atomic E-state index is 0.181. The number of nitrogens with one attached hydrogen (secondary N) is 1. The Labute approximate surface area is 201 Å². The lowest BCUT2D eigenvalue weighted by atomic mass is 10.1. The van der Waals surface area contributed by atoms with Gasteiger partial charge < -0.3 is 19.5 Å². The fourth-order valence-electron chi connectivity index (χ4n) is 4.87. The molecule has 7 heteroatoms. The quantitative estimate of drug-likeness (QED) is 0.358. The zero-order valence-electron chi connectivity index (χ0n) is 20.0. The van der Waals surface area contributed by atoms with Gasteiger partial charge in [-0.3, -0.25) is 4.90 Å². The van der Waals surface area contributed by atoms with Gasteiger partial charge in [-0.25, -0.2) is 9.18 Å². The molecule has 184 valence electrons. The van der Waals surface area contributed by atoms with Crippen molar-refractivity contribution in [1.82, 2.24) is 10.2 Å². The zero-order valence-corrected chi connectivity index (χ0v) is 20.0. The van der Waals surface area contributed by atoms with Crippen LogP contribution in [-0.2, 0) is 27.2 Å². The van der Waals surface area contributed by atoms with Gasteiger partial charge in [0, 0.05) is 45.2 Å². The number of likely N-dealkylation sites (tertiary alicyclic amines) is 1. The second-order valence-electron chi connectivity index (χ2n) is 9.02. The van der Waals surface area contributed by atoms with Crippen LogP contribution in [0.2, 0.25) is 0 Å². The number of carbonyl (C=O) groups excluding carboxylic acids is 1. The van der Waals surface area contributed by atoms with E-state index in [2.05, 4.69) is 10.2 Å². The Hall–Kier alpha value is -2.48. The molecule has 1 aliphatic carbocycles. The molecule has 0 spiro atoms. The predicted octanol–water partition coefficient (Wildman–Crippen LogP) is 3.44. The van der Waals surface area contributed by atoms with Crippen molar-refractivity contribution in [1.29, 1.82) is 0 Å². The molecule has 0 bridgehead atoms. The van der Waals surface area contributed by atoms with Gasteiger partial charge in [-0.1, -0.05) is 24.3 Å². The standard InChI is InChI=1S/C27H35FN2O4/c1-3-32-25(27(31)33-4-2)15-19-7-11-22(12-8-19)34-14-13-29-26-23-17-30(18-24(23)26)16-20-5-9-21(28)10-6-20/h5-12,23-26,29H,3-4,13-18H2,1-2H3/t23-,24?,25-,26?/m0/s1. The molecule has 1 saturated carbocycles. The van der Waals surface area contributed by atoms with Crippen molar-refractivity contribution in [2.24, 2.45) is 11.8 Å². The van der Waals surface area contributed by atoms with Gasteiger partial charge in [0.2, 0.25) is 0 Å². The smallest absolute Gasteiger partial charge is 0.335 e. The summed E-state index contributed by atoms with van der Waals surface area (Å²) in [6, 6.07) is 15.2. The summed E-state index contributed by atoms with van der Waals surface area (Å²) >= 11 is 0. The molecule has 0 aromatic heterocycles. The molecule has 1 N–H and O–H groups in total. The summed E-state index contributed by atoms with van der Waals surface area (Å²) in [5, 5.41) is 3.63. The summed E-state index contributed by atoms with van der Waals surface area (Å²) in [4.78, 5) is 14.5. The number of ether oxygens (including phenoxy) is 3. The monoisotopic (exact) mass is 470 g/mol. The van der Waals surface area contributed by atoms with E-state index in [1.54, 1.807) is 6.92 Å². The van der Waals surface area contributed by atoms with Gasteiger partial charge in [0.1, 0.15) is 18.2 Å². The molecule has 34 heavy (non-hydrogen) atoms. The summed E-state index contributed by atoms with van der Waals surface area (Å²) in [6.07, 6.45) is -0.0949. The largest absolute Gasteiger partial charge is 0.492 e. The molecule has 1 aliphatic heterocycles. The fraction of sp³-hybridized carbons (Fsp3) is 0.519. The maximum absolute atomic E-state index is 13.1. The Kier molecular flexibility index (Phi) is 8.53. The maximum Gasteiger partial charge on any atom is 0.335 e. The summed E-state index contributed by atoms with van der Waals surface area (Å²) in [6.45, 7) is 8.98. The zero-order chi connectivity index (χ0) is 23.9. The van der Waals surface area contributed by atoms with Crippen molar-refractivity contribution >= 4 is 5.97 Å². The van der Waals surface area contributed by atoms with Crippen LogP contribution in [0.4, 0.5) is 4.39 Å². The van der Waals surface area contributed by atoms with Crippen LogP contribution >= 0.6 is 0 Å². The van der Waals surface area contributed by atoms with Crippen LogP contribution in [0.15, 0.2) is 48.5 Å². The Balaban J connectivity index is 1.12. The van der Waals surface area contributed by atoms with E-state index in [1.165, 1.54) is 17.7 Å². The van der Waals surface area contributed by atoms with E-state index in [1.807, 2.05) is 43.3 Å². The number of rotatable bonds is 13. The van der Waals surface area contributed by atoms with Crippen LogP contribution in [0, 0.1) is 17.7 Å². The summed E-state index contributed by atoms with van der Waals surface area (Å²) in [7, 11) is 0. The van der Waals surface area contributed by atoms with Gasteiger partial charge in [-0.05, 0) is 61.1 Å². The third-order valence-electron chi connectivity index (χ3n) is 6.60. The highest BCUT2D eigenvalue weighted by molar-refractivity contribution is 5.75. The highest BCUT2D eigenvalue weighted by Gasteiger charge is 2.55. The van der Waals surface area contributed by atoms with Crippen LogP contribution in [0.5, 0.6) is 5.75 Å². The first kappa shape index (κ1) is 24.6. The molecule has 1 heterocycles. The average molecular weight is 471 g/mol. The SMILES string of the molecule is CCOC(=O)[C@H](Cc1ccc(OCCNC2C3CN(Cc4ccc(F)cc4)C[C@@H]32)cc1)OCC. The summed E-state index contributed by atoms with van der Waals surface area (Å²) < 4.78 is 29.6. The highest BCUT2D eigenvalue weighted by Crippen LogP contribution is 2.45. The van der Waals surface area contributed by atoms with Crippen LogP contribution in [0.25, 0.3) is 0 Å². The van der Waals surface area contributed by atoms with Crippen LogP contribution in [0.1, 0.15) is 25.0 Å². The lowest BCUT2D eigenvalue weighted by molar-refractivity contribution is -0.156. The normalized spacial score (nSPS) is 22.3. The molecule has 6 nitrogen and oxygen atoms in total. The Bertz CT molecular complexity index is 909. The molecule has 1 saturated heterocycles. The first-order valence-corrected chi connectivity index (χ1v) is 12.3. The van der Waals surface area contributed by atoms with E-state index in [9.17, 15) is 9.18 Å². The van der Waals surface area contributed by atoms with Gasteiger partial charge in [0.05, 0.1) is 6.61 Å². The number of esters is 1.